The highest BCUT2D eigenvalue weighted by Crippen LogP contribution is 2.34. The molecule has 3 aromatic rings. The van der Waals surface area contributed by atoms with Crippen molar-refractivity contribution in [3.05, 3.63) is 64.1 Å². The van der Waals surface area contributed by atoms with Crippen molar-refractivity contribution in [3.8, 4) is 5.69 Å². The van der Waals surface area contributed by atoms with Crippen LogP contribution in [0.2, 0.25) is 0 Å². The van der Waals surface area contributed by atoms with Crippen molar-refractivity contribution in [3.63, 3.8) is 0 Å². The molecule has 1 aliphatic rings. The van der Waals surface area contributed by atoms with Gasteiger partial charge in [0.1, 0.15) is 5.82 Å². The Balaban J connectivity index is 2.01. The monoisotopic (exact) mass is 416 g/mol. The number of carbonyl (C=O) groups is 1. The number of aryl methyl sites for hydroxylation is 1. The molecule has 0 aliphatic carbocycles. The van der Waals surface area contributed by atoms with Gasteiger partial charge in [0.15, 0.2) is 0 Å². The molecule has 4 rings (SSSR count). The van der Waals surface area contributed by atoms with Gasteiger partial charge in [-0.15, -0.1) is 0 Å². The first-order valence-electron chi connectivity index (χ1n) is 9.36. The Morgan fingerprint density at radius 2 is 1.77 bits per heavy atom. The van der Waals surface area contributed by atoms with Crippen LogP contribution in [0, 0.1) is 6.92 Å². The van der Waals surface area contributed by atoms with E-state index in [0.29, 0.717) is 24.2 Å². The van der Waals surface area contributed by atoms with Crippen LogP contribution in [0.4, 0.5) is 19.0 Å². The number of carbonyl (C=O) groups excluding carboxylic acids is 1. The van der Waals surface area contributed by atoms with E-state index in [2.05, 4.69) is 4.98 Å². The molecular formula is C21H19F3N4O2. The summed E-state index contributed by atoms with van der Waals surface area (Å²) in [7, 11) is 1.68. The van der Waals surface area contributed by atoms with Crippen molar-refractivity contribution < 1.29 is 18.0 Å². The van der Waals surface area contributed by atoms with E-state index >= 15 is 0 Å². The Morgan fingerprint density at radius 1 is 1.03 bits per heavy atom. The predicted octanol–water partition coefficient (Wildman–Crippen LogP) is 2.99. The molecule has 0 spiro atoms. The Bertz CT molecular complexity index is 1200. The van der Waals surface area contributed by atoms with Gasteiger partial charge in [-0.1, -0.05) is 18.2 Å². The van der Waals surface area contributed by atoms with Gasteiger partial charge in [-0.2, -0.15) is 18.2 Å². The lowest BCUT2D eigenvalue weighted by Gasteiger charge is -2.33. The molecule has 156 valence electrons. The first-order chi connectivity index (χ1) is 14.2. The molecule has 30 heavy (non-hydrogen) atoms. The maximum absolute atomic E-state index is 13.4. The molecule has 1 aromatic heterocycles. The smallest absolute Gasteiger partial charge is 0.345 e. The van der Waals surface area contributed by atoms with E-state index in [9.17, 15) is 22.8 Å². The molecule has 0 unspecified atom stereocenters. The number of hydrogen-bond acceptors (Lipinski definition) is 4. The molecule has 1 amide bonds. The number of nitrogens with zero attached hydrogens (tertiary/aromatic N) is 4. The largest absolute Gasteiger partial charge is 0.416 e. The number of amides is 1. The minimum atomic E-state index is -4.56. The molecule has 0 bridgehead atoms. The fourth-order valence-electron chi connectivity index (χ4n) is 3.61. The van der Waals surface area contributed by atoms with E-state index in [1.54, 1.807) is 48.0 Å². The number of hydrogen-bond donors (Lipinski definition) is 0. The number of rotatable bonds is 2. The van der Waals surface area contributed by atoms with E-state index in [1.807, 2.05) is 0 Å². The molecule has 6 nitrogen and oxygen atoms in total. The molecule has 1 aliphatic heterocycles. The van der Waals surface area contributed by atoms with E-state index in [4.69, 9.17) is 0 Å². The summed E-state index contributed by atoms with van der Waals surface area (Å²) in [4.78, 5) is 32.5. The van der Waals surface area contributed by atoms with Crippen LogP contribution in [0.1, 0.15) is 11.1 Å². The second kappa shape index (κ2) is 7.16. The van der Waals surface area contributed by atoms with Gasteiger partial charge in [0.25, 0.3) is 0 Å². The molecule has 0 N–H and O–H groups in total. The van der Waals surface area contributed by atoms with Crippen LogP contribution in [0.3, 0.4) is 0 Å². The standard InChI is InChI=1S/C21H19F3N4O2/c1-13-5-3-4-6-16(13)28-17-11-14(21(22,23)24)7-8-15(17)19(25-20(28)30)27-10-9-26(2)18(29)12-27/h3-8,11H,9-10,12H2,1-2H3. The summed E-state index contributed by atoms with van der Waals surface area (Å²) in [5.74, 6) is 0.0706. The topological polar surface area (TPSA) is 58.4 Å². The van der Waals surface area contributed by atoms with Crippen LogP contribution in [0.15, 0.2) is 47.3 Å². The fourth-order valence-corrected chi connectivity index (χ4v) is 3.61. The Morgan fingerprint density at radius 3 is 2.43 bits per heavy atom. The zero-order chi connectivity index (χ0) is 21.6. The van der Waals surface area contributed by atoms with Crippen LogP contribution >= 0.6 is 0 Å². The minimum Gasteiger partial charge on any atom is -0.345 e. The number of anilines is 1. The fraction of sp³-hybridized carbons (Fsp3) is 0.286. The van der Waals surface area contributed by atoms with Gasteiger partial charge in [-0.05, 0) is 36.8 Å². The average molecular weight is 416 g/mol. The highest BCUT2D eigenvalue weighted by Gasteiger charge is 2.32. The number of halogens is 3. The zero-order valence-electron chi connectivity index (χ0n) is 16.4. The van der Waals surface area contributed by atoms with Gasteiger partial charge in [0.05, 0.1) is 23.3 Å². The molecular weight excluding hydrogens is 397 g/mol. The van der Waals surface area contributed by atoms with Gasteiger partial charge in [-0.25, -0.2) is 4.79 Å². The number of fused-ring (bicyclic) bond motifs is 1. The lowest BCUT2D eigenvalue weighted by Crippen LogP contribution is -2.49. The number of alkyl halides is 3. The number of likely N-dealkylation sites (N-methyl/N-ethyl adjacent to an activating group) is 1. The van der Waals surface area contributed by atoms with Crippen LogP contribution in [-0.2, 0) is 11.0 Å². The second-order valence-corrected chi connectivity index (χ2v) is 7.31. The Labute approximate surface area is 170 Å². The van der Waals surface area contributed by atoms with E-state index in [0.717, 1.165) is 17.7 Å². The number of aromatic nitrogens is 2. The third-order valence-corrected chi connectivity index (χ3v) is 5.31. The van der Waals surface area contributed by atoms with Crippen molar-refractivity contribution in [2.45, 2.75) is 13.1 Å². The maximum Gasteiger partial charge on any atom is 0.416 e. The summed E-state index contributed by atoms with van der Waals surface area (Å²) in [6.07, 6.45) is -4.56. The normalized spacial score (nSPS) is 15.2. The first kappa shape index (κ1) is 19.9. The molecule has 2 heterocycles. The van der Waals surface area contributed by atoms with Crippen molar-refractivity contribution in [2.75, 3.05) is 31.6 Å². The van der Waals surface area contributed by atoms with Gasteiger partial charge in [0.2, 0.25) is 5.91 Å². The Kier molecular flexibility index (Phi) is 4.76. The summed E-state index contributed by atoms with van der Waals surface area (Å²) in [6, 6.07) is 10.2. The minimum absolute atomic E-state index is 0.00738. The lowest BCUT2D eigenvalue weighted by molar-refractivity contribution is -0.137. The van der Waals surface area contributed by atoms with Gasteiger partial charge < -0.3 is 9.80 Å². The highest BCUT2D eigenvalue weighted by atomic mass is 19.4. The third kappa shape index (κ3) is 3.40. The molecule has 0 radical (unpaired) electrons. The van der Waals surface area contributed by atoms with Crippen molar-refractivity contribution in [2.24, 2.45) is 0 Å². The van der Waals surface area contributed by atoms with Crippen molar-refractivity contribution >= 4 is 22.6 Å². The molecule has 0 atom stereocenters. The Hall–Kier alpha value is -3.36. The van der Waals surface area contributed by atoms with E-state index < -0.39 is 17.4 Å². The van der Waals surface area contributed by atoms with Crippen molar-refractivity contribution in [1.82, 2.24) is 14.5 Å². The predicted molar refractivity (Wildman–Crippen MR) is 107 cm³/mol. The summed E-state index contributed by atoms with van der Waals surface area (Å²) in [5.41, 5.74) is -0.274. The van der Waals surface area contributed by atoms with Crippen LogP contribution in [0.5, 0.6) is 0 Å². The second-order valence-electron chi connectivity index (χ2n) is 7.31. The molecule has 0 saturated carbocycles. The summed E-state index contributed by atoms with van der Waals surface area (Å²) < 4.78 is 41.4. The van der Waals surface area contributed by atoms with Gasteiger partial charge in [0, 0.05) is 25.5 Å². The zero-order valence-corrected chi connectivity index (χ0v) is 16.4. The quantitative estimate of drug-likeness (QED) is 0.645. The van der Waals surface area contributed by atoms with Gasteiger partial charge >= 0.3 is 11.9 Å². The summed E-state index contributed by atoms with van der Waals surface area (Å²) >= 11 is 0. The van der Waals surface area contributed by atoms with E-state index in [1.165, 1.54) is 10.6 Å². The van der Waals surface area contributed by atoms with Crippen LogP contribution < -0.4 is 10.6 Å². The first-order valence-corrected chi connectivity index (χ1v) is 9.36. The molecule has 2 aromatic carbocycles. The number of benzene rings is 2. The summed E-state index contributed by atoms with van der Waals surface area (Å²) in [6.45, 7) is 2.64. The van der Waals surface area contributed by atoms with Crippen LogP contribution in [0.25, 0.3) is 16.6 Å². The highest BCUT2D eigenvalue weighted by molar-refractivity contribution is 5.93. The molecule has 9 heteroatoms. The maximum atomic E-state index is 13.4. The number of piperazine rings is 1. The average Bonchev–Trinajstić information content (AvgIpc) is 2.69. The van der Waals surface area contributed by atoms with Crippen molar-refractivity contribution in [1.29, 1.82) is 0 Å². The van der Waals surface area contributed by atoms with Gasteiger partial charge in [-0.3, -0.25) is 9.36 Å². The molecule has 1 fully saturated rings. The van der Waals surface area contributed by atoms with E-state index in [-0.39, 0.29) is 23.8 Å². The SMILES string of the molecule is Cc1ccccc1-n1c(=O)nc(N2CCN(C)C(=O)C2)c2ccc(C(F)(F)F)cc21. The third-order valence-electron chi connectivity index (χ3n) is 5.31. The summed E-state index contributed by atoms with van der Waals surface area (Å²) in [5, 5.41) is 0.378. The molecule has 1 saturated heterocycles. The lowest BCUT2D eigenvalue weighted by atomic mass is 10.1. The van der Waals surface area contributed by atoms with Crippen LogP contribution in [-0.4, -0.2) is 47.0 Å². The number of para-hydroxylation sites is 1.